The van der Waals surface area contributed by atoms with Gasteiger partial charge in [-0.2, -0.15) is 5.11 Å². The molecule has 2 aromatic carbocycles. The Hall–Kier alpha value is -2.02. The lowest BCUT2D eigenvalue weighted by molar-refractivity contribution is 0.835. The number of azo groups is 1. The van der Waals surface area contributed by atoms with Gasteiger partial charge in [0, 0.05) is 62.4 Å². The van der Waals surface area contributed by atoms with Gasteiger partial charge in [0.05, 0.1) is 11.4 Å². The molecular weight excluding hydrogens is 399 g/mol. The van der Waals surface area contributed by atoms with Crippen molar-refractivity contribution in [3.05, 3.63) is 69.2 Å². The zero-order chi connectivity index (χ0) is 16.2. The van der Waals surface area contributed by atoms with Gasteiger partial charge in [-0.05, 0) is 36.4 Å². The summed E-state index contributed by atoms with van der Waals surface area (Å²) < 4.78 is 3.63. The second-order valence-electron chi connectivity index (χ2n) is 5.40. The number of hydrogen-bond acceptors (Lipinski definition) is 4. The average molecular weight is 418 g/mol. The van der Waals surface area contributed by atoms with E-state index in [0.29, 0.717) is 0 Å². The van der Waals surface area contributed by atoms with Crippen molar-refractivity contribution in [3.8, 4) is 0 Å². The van der Waals surface area contributed by atoms with Gasteiger partial charge in [0.1, 0.15) is 0 Å². The minimum atomic E-state index is -0.183. The van der Waals surface area contributed by atoms with E-state index < -0.39 is 0 Å². The third-order valence-electron chi connectivity index (χ3n) is 3.45. The van der Waals surface area contributed by atoms with Crippen LogP contribution in [0.15, 0.2) is 71.0 Å². The molecule has 1 heterocycles. The quantitative estimate of drug-likeness (QED) is 0.424. The van der Waals surface area contributed by atoms with Crippen molar-refractivity contribution in [2.24, 2.45) is 10.2 Å². The lowest BCUT2D eigenvalue weighted by Gasteiger charge is -2.11. The molecule has 1 aliphatic rings. The molecule has 2 aromatic rings. The molecule has 0 unspecified atom stereocenters. The Kier molecular flexibility index (Phi) is 4.85. The predicted octanol–water partition coefficient (Wildman–Crippen LogP) is 4.24. The fraction of sp³-hybridized carbons (Fsp3) is 0.167. The fourth-order valence-electron chi connectivity index (χ4n) is 2.19. The molecule has 0 bridgehead atoms. The fourth-order valence-corrected chi connectivity index (χ4v) is 4.42. The first-order valence-corrected chi connectivity index (χ1v) is 9.39. The minimum Gasteiger partial charge on any atom is -0.378 e. The van der Waals surface area contributed by atoms with Gasteiger partial charge in [0.2, 0.25) is 0 Å². The molecular formula is C18H19IN4. The van der Waals surface area contributed by atoms with E-state index in [9.17, 15) is 0 Å². The summed E-state index contributed by atoms with van der Waals surface area (Å²) in [6.07, 6.45) is 4.14. The van der Waals surface area contributed by atoms with Crippen molar-refractivity contribution in [1.29, 1.82) is 0 Å². The van der Waals surface area contributed by atoms with Crippen LogP contribution in [0.1, 0.15) is 0 Å². The third-order valence-corrected chi connectivity index (χ3v) is 5.99. The molecule has 0 amide bonds. The second-order valence-corrected chi connectivity index (χ2v) is 8.57. The first-order valence-electron chi connectivity index (χ1n) is 7.35. The number of nitrogens with zero attached hydrogens (tertiary/aromatic N) is 4. The molecule has 0 saturated heterocycles. The zero-order valence-corrected chi connectivity index (χ0v) is 15.6. The summed E-state index contributed by atoms with van der Waals surface area (Å²) in [7, 11) is 6.17. The maximum absolute atomic E-state index is 4.50. The van der Waals surface area contributed by atoms with Crippen molar-refractivity contribution in [2.45, 2.75) is 0 Å². The summed E-state index contributed by atoms with van der Waals surface area (Å²) in [5, 5.41) is 10.1. The van der Waals surface area contributed by atoms with Gasteiger partial charge in [0.15, 0.2) is 0 Å². The van der Waals surface area contributed by atoms with Crippen LogP contribution in [0.25, 0.3) is 5.70 Å². The topological polar surface area (TPSA) is 31.2 Å². The zero-order valence-electron chi connectivity index (χ0n) is 13.4. The Labute approximate surface area is 146 Å². The average Bonchev–Trinajstić information content (AvgIpc) is 2.71. The van der Waals surface area contributed by atoms with Crippen LogP contribution in [-0.4, -0.2) is 24.3 Å². The minimum absolute atomic E-state index is 0.183. The molecule has 0 N–H and O–H groups in total. The number of fused-ring (bicyclic) bond motifs is 1. The number of rotatable bonds is 3. The predicted molar refractivity (Wildman–Crippen MR) is 105 cm³/mol. The molecule has 0 saturated carbocycles. The standard InChI is InChI=1S/C18H19IN4/c1-22(2)15-10-8-14(9-11-15)20-21-18-12-13-23(3)19-17-7-5-4-6-16(17)18/h4-13H,1-3H3. The maximum Gasteiger partial charge on any atom is 0.0955 e. The van der Waals surface area contributed by atoms with Crippen LogP contribution in [-0.2, 0) is 0 Å². The summed E-state index contributed by atoms with van der Waals surface area (Å²) in [6, 6.07) is 16.5. The lowest BCUT2D eigenvalue weighted by atomic mass is 10.2. The first kappa shape index (κ1) is 15.9. The molecule has 4 nitrogen and oxygen atoms in total. The highest BCUT2D eigenvalue weighted by molar-refractivity contribution is 14.1. The van der Waals surface area contributed by atoms with Crippen molar-refractivity contribution in [3.63, 3.8) is 0 Å². The molecule has 3 rings (SSSR count). The van der Waals surface area contributed by atoms with E-state index >= 15 is 0 Å². The lowest BCUT2D eigenvalue weighted by Crippen LogP contribution is -2.07. The molecule has 0 atom stereocenters. The van der Waals surface area contributed by atoms with Gasteiger partial charge in [0.25, 0.3) is 0 Å². The normalized spacial score (nSPS) is 14.0. The summed E-state index contributed by atoms with van der Waals surface area (Å²) in [5.41, 5.74) is 2.94. The number of benzene rings is 2. The summed E-state index contributed by atoms with van der Waals surface area (Å²) >= 11 is -0.183. The number of anilines is 1. The highest BCUT2D eigenvalue weighted by Gasteiger charge is 2.01. The molecule has 0 spiro atoms. The van der Waals surface area contributed by atoms with Crippen molar-refractivity contribution < 1.29 is 0 Å². The molecule has 0 aliphatic carbocycles. The molecule has 0 radical (unpaired) electrons. The smallest absolute Gasteiger partial charge is 0.0955 e. The Morgan fingerprint density at radius 1 is 0.957 bits per heavy atom. The summed E-state index contributed by atoms with van der Waals surface area (Å²) in [4.78, 5) is 2.07. The van der Waals surface area contributed by atoms with Crippen LogP contribution < -0.4 is 10.1 Å². The van der Waals surface area contributed by atoms with E-state index in [-0.39, 0.29) is 21.0 Å². The monoisotopic (exact) mass is 418 g/mol. The van der Waals surface area contributed by atoms with E-state index in [0.717, 1.165) is 17.1 Å². The third kappa shape index (κ3) is 3.85. The van der Waals surface area contributed by atoms with E-state index in [2.05, 4.69) is 67.9 Å². The van der Waals surface area contributed by atoms with Gasteiger partial charge in [-0.25, -0.2) is 0 Å². The molecule has 0 fully saturated rings. The SMILES string of the molecule is CN1C=CC(N=Nc2ccc(N(C)C)cc2)=c2ccccc2=I1. The second kappa shape index (κ2) is 7.04. The number of halogens is 1. The van der Waals surface area contributed by atoms with Crippen molar-refractivity contribution >= 4 is 38.1 Å². The van der Waals surface area contributed by atoms with Crippen molar-refractivity contribution in [1.82, 2.24) is 3.11 Å². The molecule has 118 valence electrons. The Morgan fingerprint density at radius 3 is 2.43 bits per heavy atom. The van der Waals surface area contributed by atoms with Gasteiger partial charge in [-0.15, -0.1) is 5.11 Å². The van der Waals surface area contributed by atoms with Crippen LogP contribution in [0, 0.1) is 3.15 Å². The van der Waals surface area contributed by atoms with Gasteiger partial charge in [-0.1, -0.05) is 18.2 Å². The van der Waals surface area contributed by atoms with E-state index in [1.807, 2.05) is 32.3 Å². The van der Waals surface area contributed by atoms with Crippen LogP contribution in [0.5, 0.6) is 0 Å². The maximum atomic E-state index is 4.50. The molecule has 5 heteroatoms. The molecule has 1 aliphatic heterocycles. The van der Waals surface area contributed by atoms with Gasteiger partial charge < -0.3 is 8.01 Å². The summed E-state index contributed by atoms with van der Waals surface area (Å²) in [5.74, 6) is 0. The Morgan fingerprint density at radius 2 is 1.70 bits per heavy atom. The molecule has 0 aromatic heterocycles. The molecule has 23 heavy (non-hydrogen) atoms. The van der Waals surface area contributed by atoms with Crippen LogP contribution >= 0.6 is 21.0 Å². The van der Waals surface area contributed by atoms with E-state index in [4.69, 9.17) is 0 Å². The van der Waals surface area contributed by atoms with Crippen LogP contribution in [0.4, 0.5) is 11.4 Å². The highest BCUT2D eigenvalue weighted by atomic mass is 127. The van der Waals surface area contributed by atoms with Crippen molar-refractivity contribution in [2.75, 3.05) is 26.0 Å². The summed E-state index contributed by atoms with van der Waals surface area (Å²) in [6.45, 7) is 0. The largest absolute Gasteiger partial charge is 0.378 e. The Balaban J connectivity index is 1.98. The highest BCUT2D eigenvalue weighted by Crippen LogP contribution is 2.20. The van der Waals surface area contributed by atoms with Gasteiger partial charge >= 0.3 is 0 Å². The van der Waals surface area contributed by atoms with E-state index in [1.54, 1.807) is 0 Å². The number of hydrogen-bond donors (Lipinski definition) is 0. The van der Waals surface area contributed by atoms with Crippen LogP contribution in [0.2, 0.25) is 0 Å². The first-order chi connectivity index (χ1) is 11.1. The Bertz CT molecular complexity index is 867. The van der Waals surface area contributed by atoms with Crippen LogP contribution in [0.3, 0.4) is 0 Å². The van der Waals surface area contributed by atoms with Gasteiger partial charge in [-0.3, -0.25) is 0 Å². The van der Waals surface area contributed by atoms with E-state index in [1.165, 1.54) is 8.37 Å².